The van der Waals surface area contributed by atoms with Gasteiger partial charge in [-0.3, -0.25) is 19.2 Å². The van der Waals surface area contributed by atoms with Gasteiger partial charge >= 0.3 is 23.9 Å². The van der Waals surface area contributed by atoms with Gasteiger partial charge in [-0.25, -0.2) is 0 Å². The minimum atomic E-state index is -2.45. The fourth-order valence-corrected chi connectivity index (χ4v) is 7.10. The van der Waals surface area contributed by atoms with Crippen molar-refractivity contribution in [1.82, 2.24) is 0 Å². The van der Waals surface area contributed by atoms with Crippen LogP contribution < -0.4 is 0 Å². The lowest BCUT2D eigenvalue weighted by atomic mass is 9.75. The van der Waals surface area contributed by atoms with Gasteiger partial charge in [0.1, 0.15) is 23.4 Å². The number of aliphatic hydroxyl groups excluding tert-OH is 1. The Bertz CT molecular complexity index is 1160. The zero-order valence-electron chi connectivity index (χ0n) is 28.6. The predicted molar refractivity (Wildman–Crippen MR) is 165 cm³/mol. The SMILES string of the molecule is CCCCCCCC(=O)O[C@H]1[C@H]2C(=C(C)[C@@H]1OC(=O)[C@H](C)CC)[C@@H]1O[C@@H](O)[C@@](C)(O)[C@@]1(O)[C@@H](OC(=O)CCC)C[C@]2(C)OC(C)=O. The highest BCUT2D eigenvalue weighted by Crippen LogP contribution is 2.58. The number of ether oxygens (including phenoxy) is 5. The van der Waals surface area contributed by atoms with Gasteiger partial charge in [0.15, 0.2) is 24.1 Å². The van der Waals surface area contributed by atoms with E-state index in [-0.39, 0.29) is 24.8 Å². The van der Waals surface area contributed by atoms with E-state index in [2.05, 4.69) is 6.92 Å². The molecule has 46 heavy (non-hydrogen) atoms. The van der Waals surface area contributed by atoms with E-state index < -0.39 is 83.2 Å². The minimum Gasteiger partial charge on any atom is -0.459 e. The average molecular weight is 655 g/mol. The Morgan fingerprint density at radius 3 is 2.15 bits per heavy atom. The summed E-state index contributed by atoms with van der Waals surface area (Å²) in [5.41, 5.74) is -5.89. The molecule has 10 atom stereocenters. The molecule has 0 bridgehead atoms. The third kappa shape index (κ3) is 7.29. The van der Waals surface area contributed by atoms with E-state index in [0.717, 1.165) is 25.7 Å². The molecule has 0 radical (unpaired) electrons. The highest BCUT2D eigenvalue weighted by molar-refractivity contribution is 5.74. The molecule has 262 valence electrons. The quantitative estimate of drug-likeness (QED) is 0.107. The molecule has 0 aromatic heterocycles. The first-order valence-electron chi connectivity index (χ1n) is 16.8. The largest absolute Gasteiger partial charge is 0.459 e. The minimum absolute atomic E-state index is 0.00433. The van der Waals surface area contributed by atoms with E-state index in [4.69, 9.17) is 23.7 Å². The van der Waals surface area contributed by atoms with Crippen LogP contribution in [0.15, 0.2) is 11.1 Å². The molecule has 0 aromatic rings. The number of rotatable bonds is 14. The predicted octanol–water partition coefficient (Wildman–Crippen LogP) is 3.80. The second-order valence-corrected chi connectivity index (χ2v) is 13.6. The molecule has 1 saturated carbocycles. The van der Waals surface area contributed by atoms with Crippen LogP contribution in [0.1, 0.15) is 120 Å². The monoisotopic (exact) mass is 654 g/mol. The summed E-state index contributed by atoms with van der Waals surface area (Å²) < 4.78 is 29.7. The summed E-state index contributed by atoms with van der Waals surface area (Å²) >= 11 is 0. The van der Waals surface area contributed by atoms with Crippen LogP contribution in [-0.2, 0) is 42.9 Å². The number of carbonyl (C=O) groups excluding carboxylic acids is 4. The van der Waals surface area contributed by atoms with E-state index >= 15 is 0 Å². The van der Waals surface area contributed by atoms with Crippen LogP contribution in [0.4, 0.5) is 0 Å². The van der Waals surface area contributed by atoms with Gasteiger partial charge in [0.05, 0.1) is 11.8 Å². The highest BCUT2D eigenvalue weighted by Gasteiger charge is 2.75. The number of carbonyl (C=O) groups is 4. The molecule has 1 heterocycles. The number of unbranched alkanes of at least 4 members (excludes halogenated alkanes) is 4. The van der Waals surface area contributed by atoms with Crippen molar-refractivity contribution in [2.45, 2.75) is 167 Å². The number of esters is 4. The van der Waals surface area contributed by atoms with Crippen molar-refractivity contribution < 1.29 is 58.2 Å². The molecule has 0 spiro atoms. The smallest absolute Gasteiger partial charge is 0.309 e. The fraction of sp³-hybridized carbons (Fsp3) is 0.824. The Labute approximate surface area is 272 Å². The Balaban J connectivity index is 2.21. The first kappa shape index (κ1) is 37.9. The summed E-state index contributed by atoms with van der Waals surface area (Å²) in [6.07, 6.45) is -2.20. The lowest BCUT2D eigenvalue weighted by Gasteiger charge is -2.43. The summed E-state index contributed by atoms with van der Waals surface area (Å²) in [5.74, 6) is -4.03. The topological polar surface area (TPSA) is 175 Å². The van der Waals surface area contributed by atoms with Crippen molar-refractivity contribution in [1.29, 1.82) is 0 Å². The summed E-state index contributed by atoms with van der Waals surface area (Å²) in [6, 6.07) is 0. The third-order valence-corrected chi connectivity index (χ3v) is 9.94. The van der Waals surface area contributed by atoms with Crippen molar-refractivity contribution in [3.8, 4) is 0 Å². The van der Waals surface area contributed by atoms with Gasteiger partial charge in [0.25, 0.3) is 0 Å². The molecule has 0 aromatic carbocycles. The molecular weight excluding hydrogens is 600 g/mol. The molecule has 3 rings (SSSR count). The maximum atomic E-state index is 13.4. The lowest BCUT2D eigenvalue weighted by molar-refractivity contribution is -0.228. The maximum Gasteiger partial charge on any atom is 0.309 e. The summed E-state index contributed by atoms with van der Waals surface area (Å²) in [6.45, 7) is 13.0. The summed E-state index contributed by atoms with van der Waals surface area (Å²) in [4.78, 5) is 52.1. The van der Waals surface area contributed by atoms with Gasteiger partial charge in [0.2, 0.25) is 0 Å². The number of fused-ring (bicyclic) bond motifs is 3. The van der Waals surface area contributed by atoms with Crippen LogP contribution in [-0.4, -0.2) is 86.7 Å². The lowest BCUT2D eigenvalue weighted by Crippen LogP contribution is -2.65. The number of hydrogen-bond donors (Lipinski definition) is 3. The van der Waals surface area contributed by atoms with Crippen LogP contribution >= 0.6 is 0 Å². The molecule has 12 nitrogen and oxygen atoms in total. The molecule has 3 aliphatic rings. The molecule has 1 saturated heterocycles. The molecule has 2 aliphatic carbocycles. The zero-order chi connectivity index (χ0) is 34.6. The van der Waals surface area contributed by atoms with Crippen molar-refractivity contribution in [3.63, 3.8) is 0 Å². The van der Waals surface area contributed by atoms with Gasteiger partial charge in [-0.2, -0.15) is 0 Å². The molecule has 12 heteroatoms. The number of hydrogen-bond acceptors (Lipinski definition) is 12. The highest BCUT2D eigenvalue weighted by atomic mass is 16.7. The van der Waals surface area contributed by atoms with E-state index in [1.165, 1.54) is 13.8 Å². The van der Waals surface area contributed by atoms with Crippen molar-refractivity contribution in [3.05, 3.63) is 11.1 Å². The van der Waals surface area contributed by atoms with E-state index in [1.807, 2.05) is 6.92 Å². The van der Waals surface area contributed by atoms with Crippen molar-refractivity contribution in [2.75, 3.05) is 0 Å². The van der Waals surface area contributed by atoms with Gasteiger partial charge in [0, 0.05) is 26.2 Å². The molecule has 1 aliphatic heterocycles. The molecule has 2 fully saturated rings. The molecule has 0 amide bonds. The maximum absolute atomic E-state index is 13.4. The zero-order valence-corrected chi connectivity index (χ0v) is 28.6. The van der Waals surface area contributed by atoms with Gasteiger partial charge in [-0.05, 0) is 51.2 Å². The van der Waals surface area contributed by atoms with Crippen molar-refractivity contribution >= 4 is 23.9 Å². The molecular formula is C34H54O12. The van der Waals surface area contributed by atoms with Crippen LogP contribution in [0.5, 0.6) is 0 Å². The van der Waals surface area contributed by atoms with Crippen LogP contribution in [0, 0.1) is 11.8 Å². The number of aliphatic hydroxyl groups is 3. The first-order valence-corrected chi connectivity index (χ1v) is 16.8. The van der Waals surface area contributed by atoms with Crippen LogP contribution in [0.2, 0.25) is 0 Å². The molecule has 0 unspecified atom stereocenters. The Hall–Kier alpha value is -2.54. The summed E-state index contributed by atoms with van der Waals surface area (Å²) in [7, 11) is 0. The van der Waals surface area contributed by atoms with Crippen LogP contribution in [0.25, 0.3) is 0 Å². The second-order valence-electron chi connectivity index (χ2n) is 13.6. The Morgan fingerprint density at radius 1 is 0.935 bits per heavy atom. The van der Waals surface area contributed by atoms with Crippen molar-refractivity contribution in [2.24, 2.45) is 11.8 Å². The first-order chi connectivity index (χ1) is 21.5. The normalized spacial score (nSPS) is 35.9. The third-order valence-electron chi connectivity index (χ3n) is 9.94. The van der Waals surface area contributed by atoms with Crippen LogP contribution in [0.3, 0.4) is 0 Å². The standard InChI is InChI=1S/C34H54O12/c1-9-12-13-14-15-17-24(37)43-28-26-25(20(5)27(28)44-30(38)19(4)11-3)29-34(41,33(8,40)31(39)45-29)22(42-23(36)16-10-2)18-32(26,7)46-21(6)35/h19,22,26-29,31,39-41H,9-18H2,1-8H3/t19-,22+,26-,27+,28+,29+,31-,32+,33-,34-/m1/s1. The van der Waals surface area contributed by atoms with Gasteiger partial charge < -0.3 is 39.0 Å². The Kier molecular flexibility index (Phi) is 12.5. The van der Waals surface area contributed by atoms with Gasteiger partial charge in [-0.15, -0.1) is 0 Å². The van der Waals surface area contributed by atoms with E-state index in [1.54, 1.807) is 27.7 Å². The average Bonchev–Trinajstić information content (AvgIpc) is 3.30. The molecule has 3 N–H and O–H groups in total. The fourth-order valence-electron chi connectivity index (χ4n) is 7.10. The second kappa shape index (κ2) is 15.1. The van der Waals surface area contributed by atoms with Gasteiger partial charge in [-0.1, -0.05) is 53.4 Å². The van der Waals surface area contributed by atoms with E-state index in [9.17, 15) is 34.5 Å². The van der Waals surface area contributed by atoms with E-state index in [0.29, 0.717) is 24.8 Å². The Morgan fingerprint density at radius 2 is 1.57 bits per heavy atom. The summed E-state index contributed by atoms with van der Waals surface area (Å²) in [5, 5.41) is 34.9.